The van der Waals surface area contributed by atoms with Crippen LogP contribution in [0.3, 0.4) is 0 Å². The highest BCUT2D eigenvalue weighted by molar-refractivity contribution is 5.77. The minimum absolute atomic E-state index is 0.0162. The summed E-state index contributed by atoms with van der Waals surface area (Å²) in [6.45, 7) is 2.97. The third-order valence-corrected chi connectivity index (χ3v) is 3.07. The normalized spacial score (nSPS) is 16.5. The second-order valence-corrected chi connectivity index (χ2v) is 4.65. The van der Waals surface area contributed by atoms with Gasteiger partial charge >= 0.3 is 0 Å². The molecule has 0 spiro atoms. The fraction of sp³-hybridized carbons (Fsp3) is 0.462. The number of aliphatic hydroxyl groups is 1. The van der Waals surface area contributed by atoms with Crippen molar-refractivity contribution >= 4 is 11.6 Å². The molecule has 0 aliphatic carbocycles. The Morgan fingerprint density at radius 1 is 1.53 bits per heavy atom. The lowest BCUT2D eigenvalue weighted by atomic mass is 9.99. The van der Waals surface area contributed by atoms with Gasteiger partial charge < -0.3 is 15.7 Å². The van der Waals surface area contributed by atoms with Crippen LogP contribution in [0, 0.1) is 0 Å². The van der Waals surface area contributed by atoms with Crippen LogP contribution in [-0.2, 0) is 17.8 Å². The number of fused-ring (bicyclic) bond motifs is 1. The first-order valence-corrected chi connectivity index (χ1v) is 5.89. The molecular formula is C13H18N2O2. The number of amides is 1. The topological polar surface area (TPSA) is 66.6 Å². The highest BCUT2D eigenvalue weighted by Gasteiger charge is 2.21. The van der Waals surface area contributed by atoms with Crippen LogP contribution in [0.15, 0.2) is 18.2 Å². The molecule has 0 aromatic heterocycles. The van der Waals surface area contributed by atoms with E-state index in [-0.39, 0.29) is 12.3 Å². The van der Waals surface area contributed by atoms with Crippen LogP contribution >= 0.6 is 0 Å². The number of anilines is 1. The van der Waals surface area contributed by atoms with E-state index in [1.54, 1.807) is 11.8 Å². The van der Waals surface area contributed by atoms with Crippen molar-refractivity contribution in [1.82, 2.24) is 4.90 Å². The molecule has 17 heavy (non-hydrogen) atoms. The number of rotatable bonds is 2. The largest absolute Gasteiger partial charge is 0.399 e. The maximum atomic E-state index is 11.8. The summed E-state index contributed by atoms with van der Waals surface area (Å²) < 4.78 is 0. The zero-order chi connectivity index (χ0) is 12.4. The van der Waals surface area contributed by atoms with Crippen LogP contribution in [0.5, 0.6) is 0 Å². The van der Waals surface area contributed by atoms with Crippen LogP contribution in [0.1, 0.15) is 24.5 Å². The van der Waals surface area contributed by atoms with E-state index in [9.17, 15) is 9.90 Å². The predicted molar refractivity (Wildman–Crippen MR) is 66.3 cm³/mol. The molecule has 4 heteroatoms. The number of carbonyl (C=O) groups excluding carboxylic acids is 1. The summed E-state index contributed by atoms with van der Waals surface area (Å²) in [4.78, 5) is 13.6. The van der Waals surface area contributed by atoms with E-state index in [0.717, 1.165) is 17.7 Å². The SMILES string of the molecule is CC(O)CC(=O)N1CCc2cc(N)ccc2C1. The summed E-state index contributed by atoms with van der Waals surface area (Å²) in [5.74, 6) is 0.0162. The van der Waals surface area contributed by atoms with Gasteiger partial charge in [-0.3, -0.25) is 4.79 Å². The van der Waals surface area contributed by atoms with Crippen LogP contribution in [-0.4, -0.2) is 28.6 Å². The summed E-state index contributed by atoms with van der Waals surface area (Å²) in [6.07, 6.45) is 0.464. The first-order valence-electron chi connectivity index (χ1n) is 5.89. The second kappa shape index (κ2) is 4.75. The van der Waals surface area contributed by atoms with E-state index in [1.807, 2.05) is 18.2 Å². The van der Waals surface area contributed by atoms with Crippen LogP contribution < -0.4 is 5.73 Å². The maximum Gasteiger partial charge on any atom is 0.225 e. The Hall–Kier alpha value is -1.55. The van der Waals surface area contributed by atoms with Crippen molar-refractivity contribution in [3.05, 3.63) is 29.3 Å². The zero-order valence-corrected chi connectivity index (χ0v) is 10.0. The van der Waals surface area contributed by atoms with Crippen LogP contribution in [0.4, 0.5) is 5.69 Å². The molecule has 92 valence electrons. The third kappa shape index (κ3) is 2.77. The molecule has 1 amide bonds. The summed E-state index contributed by atoms with van der Waals surface area (Å²) in [5, 5.41) is 9.22. The van der Waals surface area contributed by atoms with Gasteiger partial charge in [-0.05, 0) is 36.6 Å². The average Bonchev–Trinajstić information content (AvgIpc) is 2.27. The van der Waals surface area contributed by atoms with Gasteiger partial charge in [0.05, 0.1) is 12.5 Å². The van der Waals surface area contributed by atoms with Crippen molar-refractivity contribution in [2.24, 2.45) is 0 Å². The fourth-order valence-corrected chi connectivity index (χ4v) is 2.17. The minimum atomic E-state index is -0.574. The molecule has 4 nitrogen and oxygen atoms in total. The van der Waals surface area contributed by atoms with E-state index in [1.165, 1.54) is 5.56 Å². The number of nitrogens with two attached hydrogens (primary N) is 1. The van der Waals surface area contributed by atoms with Crippen molar-refractivity contribution in [2.75, 3.05) is 12.3 Å². The Bertz CT molecular complexity index is 429. The lowest BCUT2D eigenvalue weighted by Gasteiger charge is -2.29. The zero-order valence-electron chi connectivity index (χ0n) is 10.0. The lowest BCUT2D eigenvalue weighted by Crippen LogP contribution is -2.37. The fourth-order valence-electron chi connectivity index (χ4n) is 2.17. The molecule has 0 saturated heterocycles. The average molecular weight is 234 g/mol. The van der Waals surface area contributed by atoms with E-state index in [2.05, 4.69) is 0 Å². The molecule has 1 heterocycles. The molecule has 1 aromatic carbocycles. The Morgan fingerprint density at radius 3 is 3.00 bits per heavy atom. The van der Waals surface area contributed by atoms with Gasteiger partial charge in [0, 0.05) is 18.8 Å². The van der Waals surface area contributed by atoms with Crippen molar-refractivity contribution < 1.29 is 9.90 Å². The van der Waals surface area contributed by atoms with Gasteiger partial charge in [0.15, 0.2) is 0 Å². The standard InChI is InChI=1S/C13H18N2O2/c1-9(16)6-13(17)15-5-4-10-7-12(14)3-2-11(10)8-15/h2-3,7,9,16H,4-6,8,14H2,1H3. The Balaban J connectivity index is 2.08. The molecule has 0 radical (unpaired) electrons. The molecule has 1 unspecified atom stereocenters. The molecule has 0 bridgehead atoms. The minimum Gasteiger partial charge on any atom is -0.399 e. The molecule has 0 fully saturated rings. The molecule has 3 N–H and O–H groups in total. The summed E-state index contributed by atoms with van der Waals surface area (Å²) in [5.41, 5.74) is 8.88. The number of hydrogen-bond acceptors (Lipinski definition) is 3. The van der Waals surface area contributed by atoms with Gasteiger partial charge in [0.25, 0.3) is 0 Å². The second-order valence-electron chi connectivity index (χ2n) is 4.65. The third-order valence-electron chi connectivity index (χ3n) is 3.07. The van der Waals surface area contributed by atoms with Gasteiger partial charge in [-0.1, -0.05) is 6.07 Å². The highest BCUT2D eigenvalue weighted by Crippen LogP contribution is 2.21. The number of nitrogen functional groups attached to an aromatic ring is 1. The van der Waals surface area contributed by atoms with Gasteiger partial charge in [-0.25, -0.2) is 0 Å². The Morgan fingerprint density at radius 2 is 2.29 bits per heavy atom. The van der Waals surface area contributed by atoms with Crippen LogP contribution in [0.25, 0.3) is 0 Å². The number of benzene rings is 1. The van der Waals surface area contributed by atoms with E-state index < -0.39 is 6.10 Å². The quantitative estimate of drug-likeness (QED) is 0.748. The Kier molecular flexibility index (Phi) is 3.33. The number of aliphatic hydroxyl groups excluding tert-OH is 1. The molecule has 1 aliphatic rings. The Labute approximate surface area is 101 Å². The van der Waals surface area contributed by atoms with Crippen molar-refractivity contribution in [3.8, 4) is 0 Å². The van der Waals surface area contributed by atoms with Crippen molar-refractivity contribution in [1.29, 1.82) is 0 Å². The first-order chi connectivity index (χ1) is 8.06. The van der Waals surface area contributed by atoms with E-state index in [4.69, 9.17) is 5.73 Å². The summed E-state index contributed by atoms with van der Waals surface area (Å²) >= 11 is 0. The van der Waals surface area contributed by atoms with Gasteiger partial charge in [-0.2, -0.15) is 0 Å². The van der Waals surface area contributed by atoms with Gasteiger partial charge in [0.1, 0.15) is 0 Å². The van der Waals surface area contributed by atoms with Crippen molar-refractivity contribution in [3.63, 3.8) is 0 Å². The van der Waals surface area contributed by atoms with Gasteiger partial charge in [0.2, 0.25) is 5.91 Å². The van der Waals surface area contributed by atoms with E-state index >= 15 is 0 Å². The monoisotopic (exact) mass is 234 g/mol. The van der Waals surface area contributed by atoms with Crippen molar-refractivity contribution in [2.45, 2.75) is 32.4 Å². The molecule has 1 aromatic rings. The van der Waals surface area contributed by atoms with Gasteiger partial charge in [-0.15, -0.1) is 0 Å². The molecule has 2 rings (SSSR count). The summed E-state index contributed by atoms with van der Waals surface area (Å²) in [7, 11) is 0. The smallest absolute Gasteiger partial charge is 0.225 e. The molecule has 1 aliphatic heterocycles. The first kappa shape index (κ1) is 11.9. The number of hydrogen-bond donors (Lipinski definition) is 2. The maximum absolute atomic E-state index is 11.8. The molecule has 0 saturated carbocycles. The molecular weight excluding hydrogens is 216 g/mol. The highest BCUT2D eigenvalue weighted by atomic mass is 16.3. The van der Waals surface area contributed by atoms with Crippen LogP contribution in [0.2, 0.25) is 0 Å². The number of nitrogens with zero attached hydrogens (tertiary/aromatic N) is 1. The number of carbonyl (C=O) groups is 1. The lowest BCUT2D eigenvalue weighted by molar-refractivity contribution is -0.133. The molecule has 1 atom stereocenters. The summed E-state index contributed by atoms with van der Waals surface area (Å²) in [6, 6.07) is 5.82. The van der Waals surface area contributed by atoms with E-state index in [0.29, 0.717) is 13.1 Å². The predicted octanol–water partition coefficient (Wildman–Crippen LogP) is 0.924.